The Labute approximate surface area is 111 Å². The lowest BCUT2D eigenvalue weighted by molar-refractivity contribution is -0.117. The molecule has 0 bridgehead atoms. The third kappa shape index (κ3) is 2.83. The van der Waals surface area contributed by atoms with E-state index in [-0.39, 0.29) is 17.5 Å². The Balaban J connectivity index is 2.38. The lowest BCUT2D eigenvalue weighted by Crippen LogP contribution is -2.30. The summed E-state index contributed by atoms with van der Waals surface area (Å²) in [7, 11) is 0. The van der Waals surface area contributed by atoms with Gasteiger partial charge in [0.05, 0.1) is 0 Å². The molecule has 1 aromatic heterocycles. The molecular formula is C15H15N3O. The molecule has 1 amide bonds. The molecule has 0 saturated carbocycles. The first kappa shape index (κ1) is 12.9. The fourth-order valence-electron chi connectivity index (χ4n) is 1.86. The van der Waals surface area contributed by atoms with E-state index in [2.05, 4.69) is 10.3 Å². The summed E-state index contributed by atoms with van der Waals surface area (Å²) < 4.78 is 0. The smallest absolute Gasteiger partial charge is 0.262 e. The number of amides is 1. The molecule has 2 aromatic rings. The van der Waals surface area contributed by atoms with Crippen molar-refractivity contribution in [2.45, 2.75) is 19.9 Å². The van der Waals surface area contributed by atoms with Crippen LogP contribution in [0, 0.1) is 11.3 Å². The molecule has 2 N–H and O–H groups in total. The third-order valence-corrected chi connectivity index (χ3v) is 2.71. The summed E-state index contributed by atoms with van der Waals surface area (Å²) in [5.41, 5.74) is 1.93. The Kier molecular flexibility index (Phi) is 3.67. The van der Waals surface area contributed by atoms with Crippen LogP contribution >= 0.6 is 0 Å². The van der Waals surface area contributed by atoms with Gasteiger partial charge in [-0.15, -0.1) is 0 Å². The zero-order valence-corrected chi connectivity index (χ0v) is 10.9. The maximum Gasteiger partial charge on any atom is 0.262 e. The molecule has 0 atom stereocenters. The number of carbonyl (C=O) groups is 1. The Bertz CT molecular complexity index is 674. The number of carbonyl (C=O) groups excluding carboxylic acids is 1. The molecule has 2 rings (SSSR count). The van der Waals surface area contributed by atoms with E-state index >= 15 is 0 Å². The van der Waals surface area contributed by atoms with Gasteiger partial charge in [-0.3, -0.25) is 4.79 Å². The van der Waals surface area contributed by atoms with E-state index in [1.807, 2.05) is 44.2 Å². The van der Waals surface area contributed by atoms with Crippen molar-refractivity contribution in [2.24, 2.45) is 0 Å². The number of hydrogen-bond acceptors (Lipinski definition) is 2. The fourth-order valence-corrected chi connectivity index (χ4v) is 1.86. The number of fused-ring (bicyclic) bond motifs is 1. The zero-order chi connectivity index (χ0) is 13.8. The normalized spacial score (nSPS) is 11.6. The van der Waals surface area contributed by atoms with Crippen molar-refractivity contribution < 1.29 is 4.79 Å². The molecule has 0 spiro atoms. The standard InChI is InChI=1S/C15H15N3O/c1-10(2)18-15(19)11(8-16)7-12-9-17-14-6-4-3-5-13(12)14/h3-7,9-10,17H,1-2H3,(H,18,19). The third-order valence-electron chi connectivity index (χ3n) is 2.71. The minimum atomic E-state index is -0.345. The van der Waals surface area contributed by atoms with Crippen molar-refractivity contribution in [3.05, 3.63) is 41.6 Å². The van der Waals surface area contributed by atoms with Gasteiger partial charge in [-0.2, -0.15) is 5.26 Å². The second-order valence-electron chi connectivity index (χ2n) is 4.59. The molecule has 4 nitrogen and oxygen atoms in total. The van der Waals surface area contributed by atoms with Gasteiger partial charge in [0, 0.05) is 28.7 Å². The highest BCUT2D eigenvalue weighted by Crippen LogP contribution is 2.20. The number of para-hydroxylation sites is 1. The first-order valence-electron chi connectivity index (χ1n) is 6.10. The van der Waals surface area contributed by atoms with Gasteiger partial charge in [0.15, 0.2) is 0 Å². The summed E-state index contributed by atoms with van der Waals surface area (Å²) >= 11 is 0. The predicted molar refractivity (Wildman–Crippen MR) is 75.2 cm³/mol. The van der Waals surface area contributed by atoms with Crippen LogP contribution in [0.25, 0.3) is 17.0 Å². The van der Waals surface area contributed by atoms with Crippen LogP contribution in [0.2, 0.25) is 0 Å². The number of H-pyrrole nitrogens is 1. The van der Waals surface area contributed by atoms with Crippen molar-refractivity contribution in [3.8, 4) is 6.07 Å². The second-order valence-corrected chi connectivity index (χ2v) is 4.59. The molecule has 0 saturated heterocycles. The second kappa shape index (κ2) is 5.40. The van der Waals surface area contributed by atoms with E-state index in [0.717, 1.165) is 16.5 Å². The van der Waals surface area contributed by atoms with E-state index < -0.39 is 0 Å². The van der Waals surface area contributed by atoms with Crippen LogP contribution in [-0.2, 0) is 4.79 Å². The Morgan fingerprint density at radius 3 is 2.84 bits per heavy atom. The number of aromatic amines is 1. The van der Waals surface area contributed by atoms with Crippen LogP contribution in [0.3, 0.4) is 0 Å². The fraction of sp³-hybridized carbons (Fsp3) is 0.200. The topological polar surface area (TPSA) is 68.7 Å². The van der Waals surface area contributed by atoms with Crippen molar-refractivity contribution in [1.29, 1.82) is 5.26 Å². The highest BCUT2D eigenvalue weighted by Gasteiger charge is 2.11. The molecule has 0 fully saturated rings. The maximum absolute atomic E-state index is 11.8. The van der Waals surface area contributed by atoms with Gasteiger partial charge in [-0.25, -0.2) is 0 Å². The van der Waals surface area contributed by atoms with E-state index in [1.54, 1.807) is 12.3 Å². The summed E-state index contributed by atoms with van der Waals surface area (Å²) in [6.45, 7) is 3.72. The zero-order valence-electron chi connectivity index (χ0n) is 10.9. The quantitative estimate of drug-likeness (QED) is 0.652. The number of aromatic nitrogens is 1. The van der Waals surface area contributed by atoms with Gasteiger partial charge in [-0.1, -0.05) is 18.2 Å². The monoisotopic (exact) mass is 253 g/mol. The molecule has 0 aliphatic carbocycles. The molecule has 0 unspecified atom stereocenters. The Morgan fingerprint density at radius 1 is 1.42 bits per heavy atom. The average molecular weight is 253 g/mol. The van der Waals surface area contributed by atoms with Crippen LogP contribution in [0.4, 0.5) is 0 Å². The molecule has 96 valence electrons. The van der Waals surface area contributed by atoms with Crippen LogP contribution in [-0.4, -0.2) is 16.9 Å². The van der Waals surface area contributed by atoms with E-state index in [0.29, 0.717) is 0 Å². The van der Waals surface area contributed by atoms with Gasteiger partial charge in [0.1, 0.15) is 11.6 Å². The summed E-state index contributed by atoms with van der Waals surface area (Å²) in [5, 5.41) is 12.8. The largest absolute Gasteiger partial charge is 0.361 e. The SMILES string of the molecule is CC(C)NC(=O)C(C#N)=Cc1c[nH]c2ccccc12. The number of hydrogen-bond donors (Lipinski definition) is 2. The van der Waals surface area contributed by atoms with Crippen LogP contribution in [0.1, 0.15) is 19.4 Å². The molecule has 1 heterocycles. The summed E-state index contributed by atoms with van der Waals surface area (Å²) in [4.78, 5) is 14.9. The summed E-state index contributed by atoms with van der Waals surface area (Å²) in [6.07, 6.45) is 3.40. The molecule has 19 heavy (non-hydrogen) atoms. The molecule has 0 radical (unpaired) electrons. The van der Waals surface area contributed by atoms with Crippen LogP contribution in [0.5, 0.6) is 0 Å². The molecule has 1 aromatic carbocycles. The van der Waals surface area contributed by atoms with Gasteiger partial charge in [0.2, 0.25) is 0 Å². The molecule has 0 aliphatic rings. The number of nitrogens with zero attached hydrogens (tertiary/aromatic N) is 1. The van der Waals surface area contributed by atoms with Gasteiger partial charge in [-0.05, 0) is 26.0 Å². The van der Waals surface area contributed by atoms with Crippen molar-refractivity contribution in [3.63, 3.8) is 0 Å². The molecular weight excluding hydrogens is 238 g/mol. The molecule has 0 aliphatic heterocycles. The number of benzene rings is 1. The van der Waals surface area contributed by atoms with Crippen molar-refractivity contribution in [2.75, 3.05) is 0 Å². The highest BCUT2D eigenvalue weighted by molar-refractivity contribution is 6.04. The Morgan fingerprint density at radius 2 is 2.16 bits per heavy atom. The average Bonchev–Trinajstić information content (AvgIpc) is 2.78. The lowest BCUT2D eigenvalue weighted by atomic mass is 10.1. The van der Waals surface area contributed by atoms with E-state index in [4.69, 9.17) is 5.26 Å². The maximum atomic E-state index is 11.8. The number of nitrogens with one attached hydrogen (secondary N) is 2. The Hall–Kier alpha value is -2.54. The molecule has 4 heteroatoms. The minimum Gasteiger partial charge on any atom is -0.361 e. The van der Waals surface area contributed by atoms with Crippen molar-refractivity contribution in [1.82, 2.24) is 10.3 Å². The minimum absolute atomic E-state index is 0.00668. The highest BCUT2D eigenvalue weighted by atomic mass is 16.1. The first-order chi connectivity index (χ1) is 9.11. The van der Waals surface area contributed by atoms with Gasteiger partial charge >= 0.3 is 0 Å². The van der Waals surface area contributed by atoms with Crippen molar-refractivity contribution >= 4 is 22.9 Å². The van der Waals surface area contributed by atoms with Gasteiger partial charge in [0.25, 0.3) is 5.91 Å². The summed E-state index contributed by atoms with van der Waals surface area (Å²) in [5.74, 6) is -0.345. The van der Waals surface area contributed by atoms with E-state index in [1.165, 1.54) is 0 Å². The first-order valence-corrected chi connectivity index (χ1v) is 6.10. The summed E-state index contributed by atoms with van der Waals surface area (Å²) in [6, 6.07) is 9.71. The predicted octanol–water partition coefficient (Wildman–Crippen LogP) is 2.60. The number of rotatable bonds is 3. The number of nitriles is 1. The van der Waals surface area contributed by atoms with Crippen LogP contribution in [0.15, 0.2) is 36.0 Å². The van der Waals surface area contributed by atoms with Gasteiger partial charge < -0.3 is 10.3 Å². The van der Waals surface area contributed by atoms with E-state index in [9.17, 15) is 4.79 Å². The van der Waals surface area contributed by atoms with Crippen LogP contribution < -0.4 is 5.32 Å². The lowest BCUT2D eigenvalue weighted by Gasteiger charge is -2.06.